The van der Waals surface area contributed by atoms with E-state index in [1.807, 2.05) is 30.3 Å². The Hall–Kier alpha value is -3.31. The highest BCUT2D eigenvalue weighted by molar-refractivity contribution is 5.67. The summed E-state index contributed by atoms with van der Waals surface area (Å²) in [5, 5.41) is 8.40. The number of hydrogen-bond acceptors (Lipinski definition) is 10. The van der Waals surface area contributed by atoms with Crippen molar-refractivity contribution < 1.29 is 38.1 Å². The first-order valence-electron chi connectivity index (χ1n) is 9.93. The van der Waals surface area contributed by atoms with E-state index in [2.05, 4.69) is 10.3 Å². The van der Waals surface area contributed by atoms with Crippen LogP contribution in [0, 0.1) is 0 Å². The van der Waals surface area contributed by atoms with Crippen LogP contribution in [0.1, 0.15) is 26.8 Å². The third kappa shape index (κ3) is 5.48. The third-order valence-corrected chi connectivity index (χ3v) is 4.79. The zero-order valence-electron chi connectivity index (χ0n) is 18.2. The molecule has 1 aromatic carbocycles. The lowest BCUT2D eigenvalue weighted by atomic mass is 9.95. The molecular weight excluding hydrogens is 422 g/mol. The Balaban J connectivity index is 2.04. The van der Waals surface area contributed by atoms with Gasteiger partial charge in [-0.15, -0.1) is 5.10 Å². The van der Waals surface area contributed by atoms with Gasteiger partial charge in [0, 0.05) is 33.4 Å². The number of rotatable bonds is 7. The molecule has 11 heteroatoms. The molecule has 0 unspecified atom stereocenters. The number of ether oxygens (including phenoxy) is 5. The van der Waals surface area contributed by atoms with E-state index in [1.165, 1.54) is 32.6 Å². The first kappa shape index (κ1) is 23.4. The topological polar surface area (TPSA) is 128 Å². The van der Waals surface area contributed by atoms with E-state index >= 15 is 0 Å². The molecule has 1 aliphatic heterocycles. The van der Waals surface area contributed by atoms with Crippen LogP contribution in [-0.2, 0) is 38.1 Å². The number of nitrogens with zero attached hydrogens (tertiary/aromatic N) is 3. The zero-order valence-corrected chi connectivity index (χ0v) is 18.2. The van der Waals surface area contributed by atoms with Crippen molar-refractivity contribution in [3.05, 3.63) is 36.5 Å². The van der Waals surface area contributed by atoms with Gasteiger partial charge in [-0.1, -0.05) is 35.5 Å². The summed E-state index contributed by atoms with van der Waals surface area (Å²) < 4.78 is 28.8. The second kappa shape index (κ2) is 10.3. The van der Waals surface area contributed by atoms with Crippen LogP contribution in [0.5, 0.6) is 0 Å². The van der Waals surface area contributed by atoms with Crippen molar-refractivity contribution in [2.24, 2.45) is 0 Å². The van der Waals surface area contributed by atoms with Crippen molar-refractivity contribution in [3.8, 4) is 11.3 Å². The van der Waals surface area contributed by atoms with E-state index < -0.39 is 48.6 Å². The first-order valence-corrected chi connectivity index (χ1v) is 9.93. The van der Waals surface area contributed by atoms with Crippen LogP contribution < -0.4 is 0 Å². The second-order valence-electron chi connectivity index (χ2n) is 7.17. The van der Waals surface area contributed by atoms with Crippen LogP contribution in [0.25, 0.3) is 11.3 Å². The molecule has 0 amide bonds. The molecule has 2 heterocycles. The lowest BCUT2D eigenvalue weighted by molar-refractivity contribution is -0.286. The van der Waals surface area contributed by atoms with E-state index in [0.717, 1.165) is 5.56 Å². The van der Waals surface area contributed by atoms with Crippen molar-refractivity contribution in [2.45, 2.75) is 51.4 Å². The minimum Gasteiger partial charge on any atom is -0.463 e. The summed E-state index contributed by atoms with van der Waals surface area (Å²) in [7, 11) is 1.38. The Kier molecular flexibility index (Phi) is 7.54. The lowest BCUT2D eigenvalue weighted by Crippen LogP contribution is -2.59. The number of esters is 3. The Morgan fingerprint density at radius 3 is 2.25 bits per heavy atom. The summed E-state index contributed by atoms with van der Waals surface area (Å²) in [5.41, 5.74) is 1.38. The SMILES string of the molecule is CO[C@H]1O[C@H](COC(C)=O)[C@@H](OC(C)=O)[C@@H](n2cc(-c3ccccc3)nn2)[C@@H]1OC(C)=O. The number of hydrogen-bond donors (Lipinski definition) is 0. The van der Waals surface area contributed by atoms with Gasteiger partial charge in [0.15, 0.2) is 18.5 Å². The van der Waals surface area contributed by atoms with Crippen molar-refractivity contribution in [3.63, 3.8) is 0 Å². The predicted molar refractivity (Wildman–Crippen MR) is 108 cm³/mol. The minimum absolute atomic E-state index is 0.212. The van der Waals surface area contributed by atoms with Gasteiger partial charge in [-0.2, -0.15) is 0 Å². The van der Waals surface area contributed by atoms with Gasteiger partial charge in [-0.05, 0) is 0 Å². The molecule has 172 valence electrons. The van der Waals surface area contributed by atoms with E-state index in [0.29, 0.717) is 5.69 Å². The number of benzene rings is 1. The Labute approximate surface area is 184 Å². The molecule has 1 aliphatic rings. The second-order valence-corrected chi connectivity index (χ2v) is 7.17. The van der Waals surface area contributed by atoms with Crippen molar-refractivity contribution >= 4 is 17.9 Å². The maximum absolute atomic E-state index is 11.9. The zero-order chi connectivity index (χ0) is 23.3. The van der Waals surface area contributed by atoms with Gasteiger partial charge in [-0.3, -0.25) is 14.4 Å². The minimum atomic E-state index is -1.04. The van der Waals surface area contributed by atoms with Crippen LogP contribution in [0.15, 0.2) is 36.5 Å². The quantitative estimate of drug-likeness (QED) is 0.452. The summed E-state index contributed by atoms with van der Waals surface area (Å²) in [6, 6.07) is 8.47. The normalized spacial score (nSPS) is 25.1. The number of carbonyl (C=O) groups is 3. The van der Waals surface area contributed by atoms with E-state index in [1.54, 1.807) is 6.20 Å². The van der Waals surface area contributed by atoms with Crippen LogP contribution in [-0.4, -0.2) is 71.2 Å². The molecule has 0 saturated carbocycles. The molecule has 1 saturated heterocycles. The number of aromatic nitrogens is 3. The summed E-state index contributed by atoms with van der Waals surface area (Å²) >= 11 is 0. The van der Waals surface area contributed by atoms with Gasteiger partial charge in [0.05, 0.1) is 6.20 Å². The standard InChI is InChI=1S/C21H25N3O8/c1-12(25)29-11-17-19(30-13(2)26)18(20(31-14(3)27)21(28-4)32-17)24-10-16(22-23-24)15-8-6-5-7-9-15/h5-10,17-21H,11H2,1-4H3/t17-,18-,19-,20+,21+/m1/s1. The van der Waals surface area contributed by atoms with Crippen LogP contribution in [0.3, 0.4) is 0 Å². The molecule has 2 aromatic rings. The molecule has 3 rings (SSSR count). The molecule has 0 aliphatic carbocycles. The van der Waals surface area contributed by atoms with Crippen LogP contribution in [0.2, 0.25) is 0 Å². The van der Waals surface area contributed by atoms with Gasteiger partial charge in [0.2, 0.25) is 0 Å². The van der Waals surface area contributed by atoms with Gasteiger partial charge < -0.3 is 23.7 Å². The molecular formula is C21H25N3O8. The molecule has 5 atom stereocenters. The Bertz CT molecular complexity index is 948. The highest BCUT2D eigenvalue weighted by Gasteiger charge is 2.52. The van der Waals surface area contributed by atoms with E-state index in [4.69, 9.17) is 23.7 Å². The maximum Gasteiger partial charge on any atom is 0.303 e. The molecule has 0 N–H and O–H groups in total. The fourth-order valence-electron chi connectivity index (χ4n) is 3.54. The first-order chi connectivity index (χ1) is 15.3. The fraction of sp³-hybridized carbons (Fsp3) is 0.476. The van der Waals surface area contributed by atoms with Gasteiger partial charge in [0.25, 0.3) is 0 Å². The summed E-state index contributed by atoms with van der Waals surface area (Å²) in [5.74, 6) is -1.72. The average molecular weight is 447 g/mol. The molecule has 0 radical (unpaired) electrons. The van der Waals surface area contributed by atoms with Crippen molar-refractivity contribution in [1.82, 2.24) is 15.0 Å². The lowest BCUT2D eigenvalue weighted by Gasteiger charge is -2.44. The number of carbonyl (C=O) groups excluding carboxylic acids is 3. The maximum atomic E-state index is 11.9. The van der Waals surface area contributed by atoms with E-state index in [9.17, 15) is 14.4 Å². The molecule has 1 aromatic heterocycles. The Morgan fingerprint density at radius 1 is 1.00 bits per heavy atom. The van der Waals surface area contributed by atoms with Crippen molar-refractivity contribution in [1.29, 1.82) is 0 Å². The molecule has 0 spiro atoms. The summed E-state index contributed by atoms with van der Waals surface area (Å²) in [4.78, 5) is 35.1. The fourth-order valence-corrected chi connectivity index (χ4v) is 3.54. The smallest absolute Gasteiger partial charge is 0.303 e. The molecule has 0 bridgehead atoms. The van der Waals surface area contributed by atoms with Crippen LogP contribution in [0.4, 0.5) is 0 Å². The van der Waals surface area contributed by atoms with Gasteiger partial charge in [-0.25, -0.2) is 4.68 Å². The van der Waals surface area contributed by atoms with Crippen LogP contribution >= 0.6 is 0 Å². The monoisotopic (exact) mass is 447 g/mol. The molecule has 32 heavy (non-hydrogen) atoms. The largest absolute Gasteiger partial charge is 0.463 e. The van der Waals surface area contributed by atoms with Crippen molar-refractivity contribution in [2.75, 3.05) is 13.7 Å². The highest BCUT2D eigenvalue weighted by Crippen LogP contribution is 2.35. The summed E-state index contributed by atoms with van der Waals surface area (Å²) in [6.45, 7) is 3.52. The molecule has 11 nitrogen and oxygen atoms in total. The summed E-state index contributed by atoms with van der Waals surface area (Å²) in [6.07, 6.45) is -2.35. The predicted octanol–water partition coefficient (Wildman–Crippen LogP) is 1.28. The number of methoxy groups -OCH3 is 1. The Morgan fingerprint density at radius 2 is 1.66 bits per heavy atom. The highest BCUT2D eigenvalue weighted by atomic mass is 16.7. The van der Waals surface area contributed by atoms with E-state index in [-0.39, 0.29) is 6.61 Å². The molecule has 1 fully saturated rings. The third-order valence-electron chi connectivity index (χ3n) is 4.79. The van der Waals surface area contributed by atoms with Gasteiger partial charge in [0.1, 0.15) is 24.4 Å². The average Bonchev–Trinajstić information content (AvgIpc) is 3.22. The van der Waals surface area contributed by atoms with Gasteiger partial charge >= 0.3 is 17.9 Å².